The molecule has 3 aromatic rings. The molecule has 3 heterocycles. The van der Waals surface area contributed by atoms with Crippen molar-refractivity contribution in [2.45, 2.75) is 42.9 Å². The summed E-state index contributed by atoms with van der Waals surface area (Å²) in [4.78, 5) is 25.1. The number of nitrogens with zero attached hydrogens (tertiary/aromatic N) is 2. The molecule has 0 bridgehead atoms. The van der Waals surface area contributed by atoms with Crippen molar-refractivity contribution in [1.82, 2.24) is 15.3 Å². The molecular formula is C18H19N3OS3. The molecule has 4 rings (SSSR count). The molecule has 0 fully saturated rings. The number of aryl methyl sites for hydroxylation is 2. The molecule has 0 spiro atoms. The van der Waals surface area contributed by atoms with Crippen LogP contribution in [0.2, 0.25) is 0 Å². The number of fused-ring (bicyclic) bond motifs is 3. The van der Waals surface area contributed by atoms with Gasteiger partial charge in [0, 0.05) is 21.7 Å². The molecule has 0 saturated carbocycles. The van der Waals surface area contributed by atoms with Gasteiger partial charge in [0.1, 0.15) is 16.2 Å². The predicted molar refractivity (Wildman–Crippen MR) is 106 cm³/mol. The third-order valence-electron chi connectivity index (χ3n) is 4.37. The van der Waals surface area contributed by atoms with E-state index in [1.54, 1.807) is 40.8 Å². The highest BCUT2D eigenvalue weighted by Crippen LogP contribution is 2.40. The maximum Gasteiger partial charge on any atom is 0.233 e. The summed E-state index contributed by atoms with van der Waals surface area (Å²) in [6, 6.07) is 4.14. The molecule has 1 aliphatic carbocycles. The van der Waals surface area contributed by atoms with E-state index in [2.05, 4.69) is 26.7 Å². The van der Waals surface area contributed by atoms with Gasteiger partial charge in [-0.3, -0.25) is 4.79 Å². The van der Waals surface area contributed by atoms with Crippen LogP contribution in [-0.2, 0) is 24.1 Å². The first-order valence-electron chi connectivity index (χ1n) is 8.44. The number of hydrogen-bond acceptors (Lipinski definition) is 6. The van der Waals surface area contributed by atoms with Gasteiger partial charge in [-0.2, -0.15) is 0 Å². The summed E-state index contributed by atoms with van der Waals surface area (Å²) >= 11 is 5.06. The Balaban J connectivity index is 1.43. The second-order valence-electron chi connectivity index (χ2n) is 6.10. The number of hydrogen-bond donors (Lipinski definition) is 1. The van der Waals surface area contributed by atoms with Crippen molar-refractivity contribution >= 4 is 50.6 Å². The molecule has 7 heteroatoms. The van der Waals surface area contributed by atoms with Crippen LogP contribution in [0.15, 0.2) is 28.9 Å². The van der Waals surface area contributed by atoms with Gasteiger partial charge in [0.2, 0.25) is 5.91 Å². The average Bonchev–Trinajstić information content (AvgIpc) is 3.31. The highest BCUT2D eigenvalue weighted by molar-refractivity contribution is 8.00. The molecular weight excluding hydrogens is 370 g/mol. The molecule has 1 amide bonds. The first kappa shape index (κ1) is 17.0. The number of amides is 1. The number of thioether (sulfide) groups is 1. The molecule has 0 radical (unpaired) electrons. The van der Waals surface area contributed by atoms with E-state index in [9.17, 15) is 4.79 Å². The lowest BCUT2D eigenvalue weighted by Crippen LogP contribution is -2.32. The molecule has 3 aromatic heterocycles. The minimum Gasteiger partial charge on any atom is -0.355 e. The smallest absolute Gasteiger partial charge is 0.233 e. The van der Waals surface area contributed by atoms with Gasteiger partial charge in [-0.1, -0.05) is 17.8 Å². The summed E-state index contributed by atoms with van der Waals surface area (Å²) in [6.07, 6.45) is 5.99. The van der Waals surface area contributed by atoms with E-state index >= 15 is 0 Å². The Labute approximate surface area is 159 Å². The van der Waals surface area contributed by atoms with Crippen LogP contribution in [0.1, 0.15) is 28.7 Å². The maximum atomic E-state index is 12.4. The highest BCUT2D eigenvalue weighted by atomic mass is 32.2. The lowest BCUT2D eigenvalue weighted by molar-refractivity contribution is -0.120. The fourth-order valence-corrected chi connectivity index (χ4v) is 6.09. The van der Waals surface area contributed by atoms with E-state index in [1.807, 2.05) is 13.0 Å². The number of carbonyl (C=O) groups excluding carboxylic acids is 1. The van der Waals surface area contributed by atoms with E-state index in [-0.39, 0.29) is 11.2 Å². The third-order valence-corrected chi connectivity index (χ3v) is 7.61. The van der Waals surface area contributed by atoms with Crippen LogP contribution in [0.25, 0.3) is 10.2 Å². The molecule has 0 aromatic carbocycles. The number of nitrogens with one attached hydrogen (secondary N) is 1. The monoisotopic (exact) mass is 389 g/mol. The first-order valence-corrected chi connectivity index (χ1v) is 11.0. The summed E-state index contributed by atoms with van der Waals surface area (Å²) in [6.45, 7) is 2.63. The highest BCUT2D eigenvalue weighted by Gasteiger charge is 2.23. The Kier molecular flexibility index (Phi) is 5.05. The molecule has 1 unspecified atom stereocenters. The van der Waals surface area contributed by atoms with E-state index in [0.29, 0.717) is 6.54 Å². The number of aromatic nitrogens is 2. The van der Waals surface area contributed by atoms with Crippen LogP contribution < -0.4 is 5.32 Å². The quantitative estimate of drug-likeness (QED) is 0.510. The number of thiophene rings is 2. The number of rotatable bonds is 6. The summed E-state index contributed by atoms with van der Waals surface area (Å²) in [7, 11) is 0. The Morgan fingerprint density at radius 2 is 2.32 bits per heavy atom. The topological polar surface area (TPSA) is 54.9 Å². The van der Waals surface area contributed by atoms with Gasteiger partial charge in [0.15, 0.2) is 0 Å². The third kappa shape index (κ3) is 3.59. The van der Waals surface area contributed by atoms with Crippen LogP contribution in [0.3, 0.4) is 0 Å². The molecule has 1 atom stereocenters. The van der Waals surface area contributed by atoms with Gasteiger partial charge in [-0.15, -0.1) is 22.7 Å². The molecule has 1 N–H and O–H groups in total. The Morgan fingerprint density at radius 3 is 3.16 bits per heavy atom. The van der Waals surface area contributed by atoms with Crippen molar-refractivity contribution in [2.24, 2.45) is 0 Å². The molecule has 130 valence electrons. The van der Waals surface area contributed by atoms with Crippen molar-refractivity contribution in [2.75, 3.05) is 6.54 Å². The van der Waals surface area contributed by atoms with E-state index in [0.717, 1.165) is 29.1 Å². The van der Waals surface area contributed by atoms with Crippen LogP contribution in [0, 0.1) is 0 Å². The molecule has 1 aliphatic rings. The van der Waals surface area contributed by atoms with Crippen molar-refractivity contribution in [1.29, 1.82) is 0 Å². The van der Waals surface area contributed by atoms with Crippen LogP contribution >= 0.6 is 34.4 Å². The maximum absolute atomic E-state index is 12.4. The average molecular weight is 390 g/mol. The normalized spacial score (nSPS) is 14.6. The molecule has 4 nitrogen and oxygen atoms in total. The fourth-order valence-electron chi connectivity index (χ4n) is 3.12. The number of carbonyl (C=O) groups is 1. The minimum atomic E-state index is -0.168. The van der Waals surface area contributed by atoms with Gasteiger partial charge < -0.3 is 5.32 Å². The summed E-state index contributed by atoms with van der Waals surface area (Å²) < 4.78 is 0. The van der Waals surface area contributed by atoms with Crippen molar-refractivity contribution < 1.29 is 4.79 Å². The lowest BCUT2D eigenvalue weighted by Gasteiger charge is -2.12. The van der Waals surface area contributed by atoms with Gasteiger partial charge in [-0.05, 0) is 49.6 Å². The second kappa shape index (κ2) is 7.43. The van der Waals surface area contributed by atoms with E-state index in [1.165, 1.54) is 27.1 Å². The zero-order valence-electron chi connectivity index (χ0n) is 13.9. The summed E-state index contributed by atoms with van der Waals surface area (Å²) in [5.74, 6) is 0.0696. The SMILES string of the molecule is CC(Sc1ncnc2sc3c(c12)CCC3)C(=O)NCCc1cccs1. The van der Waals surface area contributed by atoms with Crippen molar-refractivity contribution in [3.05, 3.63) is 39.2 Å². The predicted octanol–water partition coefficient (Wildman–Crippen LogP) is 4.08. The molecule has 0 saturated heterocycles. The van der Waals surface area contributed by atoms with Gasteiger partial charge >= 0.3 is 0 Å². The standard InChI is InChI=1S/C18H19N3OS3/c1-11(16(22)19-8-7-12-4-3-9-23-12)24-17-15-13-5-2-6-14(13)25-18(15)21-10-20-17/h3-4,9-11H,2,5-8H2,1H3,(H,19,22). The van der Waals surface area contributed by atoms with Gasteiger partial charge in [0.25, 0.3) is 0 Å². The zero-order valence-corrected chi connectivity index (χ0v) is 16.4. The van der Waals surface area contributed by atoms with Gasteiger partial charge in [0.05, 0.1) is 5.25 Å². The Morgan fingerprint density at radius 1 is 1.40 bits per heavy atom. The van der Waals surface area contributed by atoms with E-state index < -0.39 is 0 Å². The Bertz CT molecular complexity index is 888. The van der Waals surface area contributed by atoms with Crippen molar-refractivity contribution in [3.63, 3.8) is 0 Å². The van der Waals surface area contributed by atoms with Crippen molar-refractivity contribution in [3.8, 4) is 0 Å². The zero-order chi connectivity index (χ0) is 17.2. The summed E-state index contributed by atoms with van der Waals surface area (Å²) in [5, 5.41) is 7.07. The van der Waals surface area contributed by atoms with Crippen LogP contribution in [0.5, 0.6) is 0 Å². The molecule has 0 aliphatic heterocycles. The van der Waals surface area contributed by atoms with Crippen LogP contribution in [0.4, 0.5) is 0 Å². The first-order chi connectivity index (χ1) is 12.2. The molecule has 25 heavy (non-hydrogen) atoms. The Hall–Kier alpha value is -1.44. The van der Waals surface area contributed by atoms with E-state index in [4.69, 9.17) is 0 Å². The second-order valence-corrected chi connectivity index (χ2v) is 9.54. The largest absolute Gasteiger partial charge is 0.355 e. The lowest BCUT2D eigenvalue weighted by atomic mass is 10.2. The minimum absolute atomic E-state index is 0.0696. The van der Waals surface area contributed by atoms with Crippen LogP contribution in [-0.4, -0.2) is 27.7 Å². The summed E-state index contributed by atoms with van der Waals surface area (Å²) in [5.41, 5.74) is 1.41. The fraction of sp³-hybridized carbons (Fsp3) is 0.389. The van der Waals surface area contributed by atoms with Gasteiger partial charge in [-0.25, -0.2) is 9.97 Å².